The summed E-state index contributed by atoms with van der Waals surface area (Å²) in [7, 11) is 0. The highest BCUT2D eigenvalue weighted by Crippen LogP contribution is 2.39. The lowest BCUT2D eigenvalue weighted by Crippen LogP contribution is -2.44. The molecule has 0 saturated carbocycles. The van der Waals surface area contributed by atoms with Gasteiger partial charge in [0.2, 0.25) is 11.8 Å². The summed E-state index contributed by atoms with van der Waals surface area (Å²) in [5.41, 5.74) is 0.832. The van der Waals surface area contributed by atoms with Crippen molar-refractivity contribution in [2.75, 3.05) is 24.6 Å². The number of aliphatic hydroxyl groups is 1. The highest BCUT2D eigenvalue weighted by atomic mass is 32.2. The van der Waals surface area contributed by atoms with Gasteiger partial charge in [-0.2, -0.15) is 0 Å². The Morgan fingerprint density at radius 2 is 1.80 bits per heavy atom. The van der Waals surface area contributed by atoms with Crippen molar-refractivity contribution in [3.63, 3.8) is 0 Å². The number of nitrogens with zero attached hydrogens (tertiary/aromatic N) is 2. The van der Waals surface area contributed by atoms with Crippen LogP contribution in [0.25, 0.3) is 0 Å². The van der Waals surface area contributed by atoms with Crippen LogP contribution >= 0.6 is 23.5 Å². The van der Waals surface area contributed by atoms with Gasteiger partial charge in [-0.1, -0.05) is 37.3 Å². The van der Waals surface area contributed by atoms with Crippen molar-refractivity contribution in [3.05, 3.63) is 35.9 Å². The molecule has 1 N–H and O–H groups in total. The number of amides is 3. The van der Waals surface area contributed by atoms with Gasteiger partial charge in [-0.05, 0) is 45.1 Å². The molecule has 2 heterocycles. The van der Waals surface area contributed by atoms with E-state index in [0.29, 0.717) is 30.5 Å². The maximum Gasteiger partial charge on any atom is 0.417 e. The number of benzene rings is 1. The molecule has 2 saturated heterocycles. The molecule has 3 amide bonds. The fourth-order valence-corrected chi connectivity index (χ4v) is 7.88. The Morgan fingerprint density at radius 3 is 2.40 bits per heavy atom. The number of ether oxygens (including phenoxy) is 1. The Balaban J connectivity index is 1.67. The minimum atomic E-state index is -0.954. The van der Waals surface area contributed by atoms with Crippen molar-refractivity contribution in [1.82, 2.24) is 9.80 Å². The van der Waals surface area contributed by atoms with Gasteiger partial charge in [0, 0.05) is 31.0 Å². The van der Waals surface area contributed by atoms with Gasteiger partial charge in [-0.25, -0.2) is 9.69 Å². The number of hydrogen-bond acceptors (Lipinski definition) is 7. The molecule has 0 aliphatic carbocycles. The highest BCUT2D eigenvalue weighted by molar-refractivity contribution is 8.20. The Morgan fingerprint density at radius 1 is 1.17 bits per heavy atom. The Kier molecular flexibility index (Phi) is 10.4. The van der Waals surface area contributed by atoms with Gasteiger partial charge in [-0.15, -0.1) is 23.5 Å². The van der Waals surface area contributed by atoms with Gasteiger partial charge in [0.15, 0.2) is 0 Å². The first-order valence-corrected chi connectivity index (χ1v) is 14.6. The molecule has 1 aromatic carbocycles. The summed E-state index contributed by atoms with van der Waals surface area (Å²) in [6.45, 7) is 8.69. The van der Waals surface area contributed by atoms with Gasteiger partial charge in [0.25, 0.3) is 0 Å². The molecule has 7 nitrogen and oxygen atoms in total. The molecular formula is C26H38N2O5S2. The van der Waals surface area contributed by atoms with Crippen molar-refractivity contribution in [3.8, 4) is 0 Å². The number of thioether (sulfide) groups is 2. The van der Waals surface area contributed by atoms with Crippen LogP contribution in [0.1, 0.15) is 58.6 Å². The second kappa shape index (κ2) is 13.0. The lowest BCUT2D eigenvalue weighted by molar-refractivity contribution is -0.136. The smallest absolute Gasteiger partial charge is 0.417 e. The summed E-state index contributed by atoms with van der Waals surface area (Å²) < 4.78 is 5.93. The van der Waals surface area contributed by atoms with E-state index in [1.54, 1.807) is 13.8 Å². The standard InChI is InChI=1S/C26H38N2O5S2/c1-5-27(6-2)22(30)15-19(16-23-34-12-13-35-23)14-21(29)17(3)25(31)28-18(4)24(33-26(28)32)20-10-8-7-9-11-20/h7-11,17-19,21,23-24,29H,5-6,12-16H2,1-4H3/t17-,18-,19+,21+,24-/m0/s1. The van der Waals surface area contributed by atoms with E-state index in [-0.39, 0.29) is 11.8 Å². The second-order valence-electron chi connectivity index (χ2n) is 9.30. The van der Waals surface area contributed by atoms with E-state index in [4.69, 9.17) is 4.74 Å². The fourth-order valence-electron chi connectivity index (χ4n) is 4.81. The van der Waals surface area contributed by atoms with Crippen molar-refractivity contribution in [2.45, 2.75) is 69.8 Å². The van der Waals surface area contributed by atoms with E-state index >= 15 is 0 Å². The molecule has 0 aromatic heterocycles. The van der Waals surface area contributed by atoms with E-state index in [2.05, 4.69) is 0 Å². The molecule has 0 spiro atoms. The summed E-state index contributed by atoms with van der Waals surface area (Å²) in [5, 5.41) is 11.1. The van der Waals surface area contributed by atoms with Crippen LogP contribution in [0.3, 0.4) is 0 Å². The molecular weight excluding hydrogens is 484 g/mol. The minimum absolute atomic E-state index is 0.0310. The van der Waals surface area contributed by atoms with Crippen LogP contribution in [0.15, 0.2) is 30.3 Å². The van der Waals surface area contributed by atoms with Crippen LogP contribution in [0.5, 0.6) is 0 Å². The fraction of sp³-hybridized carbons (Fsp3) is 0.654. The molecule has 0 radical (unpaired) electrons. The largest absolute Gasteiger partial charge is 0.439 e. The van der Waals surface area contributed by atoms with E-state index < -0.39 is 36.2 Å². The molecule has 2 aliphatic heterocycles. The van der Waals surface area contributed by atoms with Crippen LogP contribution in [0, 0.1) is 11.8 Å². The molecule has 0 unspecified atom stereocenters. The Labute approximate surface area is 217 Å². The van der Waals surface area contributed by atoms with E-state index in [1.165, 1.54) is 0 Å². The van der Waals surface area contributed by atoms with E-state index in [0.717, 1.165) is 28.4 Å². The third kappa shape index (κ3) is 6.95. The monoisotopic (exact) mass is 522 g/mol. The van der Waals surface area contributed by atoms with Crippen LogP contribution in [-0.2, 0) is 14.3 Å². The summed E-state index contributed by atoms with van der Waals surface area (Å²) >= 11 is 3.80. The maximum absolute atomic E-state index is 13.3. The zero-order valence-electron chi connectivity index (χ0n) is 21.1. The predicted octanol–water partition coefficient (Wildman–Crippen LogP) is 4.55. The second-order valence-corrected chi connectivity index (χ2v) is 12.2. The lowest BCUT2D eigenvalue weighted by atomic mass is 9.88. The Hall–Kier alpha value is -1.71. The van der Waals surface area contributed by atoms with Crippen LogP contribution in [0.2, 0.25) is 0 Å². The van der Waals surface area contributed by atoms with Gasteiger partial charge in [-0.3, -0.25) is 9.59 Å². The van der Waals surface area contributed by atoms with Crippen molar-refractivity contribution < 1.29 is 24.2 Å². The van der Waals surface area contributed by atoms with E-state index in [1.807, 2.05) is 72.6 Å². The topological polar surface area (TPSA) is 87.2 Å². The molecule has 194 valence electrons. The number of imide groups is 1. The first-order valence-electron chi connectivity index (χ1n) is 12.5. The normalized spacial score (nSPS) is 23.1. The maximum atomic E-state index is 13.3. The Bertz CT molecular complexity index is 861. The number of carbonyl (C=O) groups excluding carboxylic acids is 3. The highest BCUT2D eigenvalue weighted by Gasteiger charge is 2.45. The molecule has 5 atom stereocenters. The third-order valence-corrected chi connectivity index (χ3v) is 10.1. The molecule has 35 heavy (non-hydrogen) atoms. The van der Waals surface area contributed by atoms with Crippen molar-refractivity contribution in [1.29, 1.82) is 0 Å². The van der Waals surface area contributed by atoms with Crippen LogP contribution in [0.4, 0.5) is 4.79 Å². The van der Waals surface area contributed by atoms with Crippen molar-refractivity contribution >= 4 is 41.4 Å². The predicted molar refractivity (Wildman–Crippen MR) is 141 cm³/mol. The van der Waals surface area contributed by atoms with Gasteiger partial charge in [0.05, 0.1) is 22.6 Å². The summed E-state index contributed by atoms with van der Waals surface area (Å²) in [4.78, 5) is 41.7. The first-order chi connectivity index (χ1) is 16.8. The summed E-state index contributed by atoms with van der Waals surface area (Å²) in [6.07, 6.45) is -0.648. The number of cyclic esters (lactones) is 1. The van der Waals surface area contributed by atoms with E-state index in [9.17, 15) is 19.5 Å². The molecule has 2 aliphatic rings. The van der Waals surface area contributed by atoms with Crippen molar-refractivity contribution in [2.24, 2.45) is 11.8 Å². The number of carbonyl (C=O) groups is 3. The van der Waals surface area contributed by atoms with Gasteiger partial charge >= 0.3 is 6.09 Å². The average Bonchev–Trinajstić information content (AvgIpc) is 3.46. The third-order valence-electron chi connectivity index (χ3n) is 6.97. The zero-order chi connectivity index (χ0) is 25.5. The number of aliphatic hydroxyl groups excluding tert-OH is 1. The number of rotatable bonds is 11. The van der Waals surface area contributed by atoms with Gasteiger partial charge < -0.3 is 14.7 Å². The van der Waals surface area contributed by atoms with Crippen LogP contribution in [-0.4, -0.2) is 74.1 Å². The van der Waals surface area contributed by atoms with Gasteiger partial charge in [0.1, 0.15) is 6.10 Å². The lowest BCUT2D eigenvalue weighted by Gasteiger charge is -2.29. The minimum Gasteiger partial charge on any atom is -0.439 e. The SMILES string of the molecule is CCN(CC)C(=O)C[C@H](CC1SCCS1)C[C@@H](O)[C@H](C)C(=O)N1C(=O)O[C@H](c2ccccc2)[C@@H]1C. The van der Waals surface area contributed by atoms with Crippen LogP contribution < -0.4 is 0 Å². The summed E-state index contributed by atoms with van der Waals surface area (Å²) in [6, 6.07) is 8.89. The molecule has 3 rings (SSSR count). The zero-order valence-corrected chi connectivity index (χ0v) is 22.7. The average molecular weight is 523 g/mol. The molecule has 1 aromatic rings. The molecule has 0 bridgehead atoms. The molecule has 9 heteroatoms. The first kappa shape index (κ1) is 27.9. The molecule has 2 fully saturated rings. The quantitative estimate of drug-likeness (QED) is 0.456. The number of hydrogen-bond donors (Lipinski definition) is 1. The summed E-state index contributed by atoms with van der Waals surface area (Å²) in [5.74, 6) is 1.03.